The van der Waals surface area contributed by atoms with Gasteiger partial charge < -0.3 is 5.32 Å². The van der Waals surface area contributed by atoms with Crippen LogP contribution in [0.25, 0.3) is 0 Å². The second-order valence-corrected chi connectivity index (χ2v) is 10.1. The van der Waals surface area contributed by atoms with Gasteiger partial charge in [-0.25, -0.2) is 4.98 Å². The second-order valence-electron chi connectivity index (χ2n) is 9.00. The number of nitrogens with one attached hydrogen (secondary N) is 1. The number of hydrogen-bond donors (Lipinski definition) is 1. The molecule has 0 fully saturated rings. The van der Waals surface area contributed by atoms with Crippen LogP contribution in [0.2, 0.25) is 0 Å². The van der Waals surface area contributed by atoms with E-state index in [0.717, 1.165) is 36.5 Å². The molecule has 1 N–H and O–H groups in total. The average Bonchev–Trinajstić information content (AvgIpc) is 3.18. The fourth-order valence-corrected chi connectivity index (χ4v) is 5.32. The van der Waals surface area contributed by atoms with Crippen molar-refractivity contribution in [3.05, 3.63) is 57.7 Å². The van der Waals surface area contributed by atoms with Crippen LogP contribution in [0.3, 0.4) is 0 Å². The molecule has 0 spiro atoms. The van der Waals surface area contributed by atoms with Crippen molar-refractivity contribution in [3.8, 4) is 0 Å². The molecular weight excluding hydrogens is 360 g/mol. The van der Waals surface area contributed by atoms with E-state index in [9.17, 15) is 0 Å². The number of rotatable bonds is 10. The van der Waals surface area contributed by atoms with Crippen molar-refractivity contribution >= 4 is 16.5 Å². The molecule has 1 heterocycles. The predicted molar refractivity (Wildman–Crippen MR) is 123 cm³/mol. The summed E-state index contributed by atoms with van der Waals surface area (Å²) in [5.41, 5.74) is 7.40. The van der Waals surface area contributed by atoms with Crippen molar-refractivity contribution in [1.29, 1.82) is 0 Å². The Morgan fingerprint density at radius 2 is 2.00 bits per heavy atom. The van der Waals surface area contributed by atoms with E-state index in [4.69, 9.17) is 4.98 Å². The van der Waals surface area contributed by atoms with Crippen LogP contribution in [0.4, 0.5) is 5.13 Å². The molecule has 0 aliphatic heterocycles. The molecule has 0 unspecified atom stereocenters. The second kappa shape index (κ2) is 9.26. The van der Waals surface area contributed by atoms with Gasteiger partial charge in [0.1, 0.15) is 0 Å². The van der Waals surface area contributed by atoms with Crippen LogP contribution < -0.4 is 5.32 Å². The highest BCUT2D eigenvalue weighted by atomic mass is 32.1. The zero-order valence-electron chi connectivity index (χ0n) is 18.2. The fraction of sp³-hybridized carbons (Fsp3) is 0.560. The molecule has 0 bridgehead atoms. The number of thiazole rings is 1. The Morgan fingerprint density at radius 1 is 1.18 bits per heavy atom. The number of unbranched alkanes of at least 4 members (excludes halogenated alkanes) is 2. The highest BCUT2D eigenvalue weighted by molar-refractivity contribution is 7.15. The Bertz CT molecular complexity index is 816. The number of hydrogen-bond acceptors (Lipinski definition) is 3. The first-order chi connectivity index (χ1) is 13.4. The van der Waals surface area contributed by atoms with Gasteiger partial charge in [-0.05, 0) is 67.1 Å². The number of aromatic nitrogens is 1. The maximum absolute atomic E-state index is 4.87. The normalized spacial score (nSPS) is 14.9. The topological polar surface area (TPSA) is 24.9 Å². The van der Waals surface area contributed by atoms with Gasteiger partial charge in [0.2, 0.25) is 0 Å². The molecule has 0 radical (unpaired) electrons. The van der Waals surface area contributed by atoms with Gasteiger partial charge in [0, 0.05) is 10.6 Å². The minimum Gasteiger partial charge on any atom is -0.336 e. The predicted octanol–water partition coefficient (Wildman–Crippen LogP) is 7.12. The SMILES string of the molecule is C=C(CCc1cccc2c1CC(C)(C)C2)Nc1nc(CCCCC)c(CC)s1. The molecule has 1 aliphatic rings. The summed E-state index contributed by atoms with van der Waals surface area (Å²) in [7, 11) is 0. The Hall–Kier alpha value is -1.61. The van der Waals surface area contributed by atoms with E-state index in [1.54, 1.807) is 22.5 Å². The van der Waals surface area contributed by atoms with Gasteiger partial charge in [-0.2, -0.15) is 0 Å². The first-order valence-corrected chi connectivity index (χ1v) is 11.8. The van der Waals surface area contributed by atoms with Crippen molar-refractivity contribution < 1.29 is 0 Å². The molecule has 0 atom stereocenters. The van der Waals surface area contributed by atoms with E-state index in [-0.39, 0.29) is 0 Å². The number of benzene rings is 1. The minimum absolute atomic E-state index is 0.402. The van der Waals surface area contributed by atoms with Crippen LogP contribution in [0.1, 0.15) is 80.6 Å². The lowest BCUT2D eigenvalue weighted by Gasteiger charge is -2.15. The summed E-state index contributed by atoms with van der Waals surface area (Å²) in [6.07, 6.45) is 10.4. The average molecular weight is 397 g/mol. The van der Waals surface area contributed by atoms with E-state index in [1.807, 2.05) is 0 Å². The van der Waals surface area contributed by atoms with Crippen molar-refractivity contribution in [2.24, 2.45) is 5.41 Å². The number of nitrogens with zero attached hydrogens (tertiary/aromatic N) is 1. The smallest absolute Gasteiger partial charge is 0.187 e. The lowest BCUT2D eigenvalue weighted by atomic mass is 9.89. The molecule has 3 rings (SSSR count). The summed E-state index contributed by atoms with van der Waals surface area (Å²) in [6.45, 7) is 13.5. The lowest BCUT2D eigenvalue weighted by Crippen LogP contribution is -2.10. The molecule has 28 heavy (non-hydrogen) atoms. The van der Waals surface area contributed by atoms with E-state index in [2.05, 4.69) is 57.8 Å². The van der Waals surface area contributed by atoms with Crippen LogP contribution in [0.15, 0.2) is 30.5 Å². The van der Waals surface area contributed by atoms with E-state index in [1.165, 1.54) is 48.2 Å². The maximum atomic E-state index is 4.87. The third-order valence-corrected chi connectivity index (χ3v) is 6.95. The standard InChI is InChI=1S/C25H36N2S/c1-6-8-9-13-22-23(7-2)28-24(27-22)26-18(3)14-15-19-11-10-12-20-16-25(4,5)17-21(19)20/h10-12H,3,6-9,13-17H2,1-2,4-5H3,(H,26,27). The summed E-state index contributed by atoms with van der Waals surface area (Å²) in [5, 5.41) is 4.52. The van der Waals surface area contributed by atoms with Crippen molar-refractivity contribution in [1.82, 2.24) is 4.98 Å². The molecule has 1 aliphatic carbocycles. The van der Waals surface area contributed by atoms with Crippen molar-refractivity contribution in [2.75, 3.05) is 5.32 Å². The molecule has 3 heteroatoms. The van der Waals surface area contributed by atoms with Gasteiger partial charge >= 0.3 is 0 Å². The number of allylic oxidation sites excluding steroid dienone is 1. The van der Waals surface area contributed by atoms with E-state index >= 15 is 0 Å². The fourth-order valence-electron chi connectivity index (χ4n) is 4.32. The molecule has 152 valence electrons. The Kier molecular flexibility index (Phi) is 6.98. The van der Waals surface area contributed by atoms with Gasteiger partial charge in [-0.15, -0.1) is 11.3 Å². The molecular formula is C25H36N2S. The Balaban J connectivity index is 1.58. The van der Waals surface area contributed by atoms with Crippen LogP contribution in [0, 0.1) is 5.41 Å². The Morgan fingerprint density at radius 3 is 2.75 bits per heavy atom. The van der Waals surface area contributed by atoms with Gasteiger partial charge in [0.05, 0.1) is 5.69 Å². The van der Waals surface area contributed by atoms with E-state index < -0.39 is 0 Å². The van der Waals surface area contributed by atoms with Crippen molar-refractivity contribution in [3.63, 3.8) is 0 Å². The number of fused-ring (bicyclic) bond motifs is 1. The molecule has 1 aromatic heterocycles. The third kappa shape index (κ3) is 5.26. The van der Waals surface area contributed by atoms with Crippen LogP contribution in [-0.2, 0) is 32.1 Å². The van der Waals surface area contributed by atoms with Crippen LogP contribution >= 0.6 is 11.3 Å². The molecule has 2 aromatic rings. The highest BCUT2D eigenvalue weighted by Gasteiger charge is 2.29. The lowest BCUT2D eigenvalue weighted by molar-refractivity contribution is 0.392. The molecule has 0 saturated heterocycles. The summed E-state index contributed by atoms with van der Waals surface area (Å²) in [4.78, 5) is 6.30. The zero-order chi connectivity index (χ0) is 20.1. The van der Waals surface area contributed by atoms with Crippen LogP contribution in [0.5, 0.6) is 0 Å². The highest BCUT2D eigenvalue weighted by Crippen LogP contribution is 2.38. The van der Waals surface area contributed by atoms with Gasteiger partial charge in [-0.3, -0.25) is 0 Å². The quantitative estimate of drug-likeness (QED) is 0.432. The van der Waals surface area contributed by atoms with Gasteiger partial charge in [-0.1, -0.05) is 65.3 Å². The molecule has 0 amide bonds. The minimum atomic E-state index is 0.402. The van der Waals surface area contributed by atoms with Gasteiger partial charge in [0.25, 0.3) is 0 Å². The zero-order valence-corrected chi connectivity index (χ0v) is 19.0. The molecule has 0 saturated carbocycles. The first-order valence-electron chi connectivity index (χ1n) is 10.9. The Labute approximate surface area is 175 Å². The van der Waals surface area contributed by atoms with E-state index in [0.29, 0.717) is 5.41 Å². The monoisotopic (exact) mass is 396 g/mol. The van der Waals surface area contributed by atoms with Crippen molar-refractivity contribution in [2.45, 2.75) is 85.5 Å². The number of aryl methyl sites for hydroxylation is 3. The summed E-state index contributed by atoms with van der Waals surface area (Å²) in [6, 6.07) is 6.84. The summed E-state index contributed by atoms with van der Waals surface area (Å²) >= 11 is 1.80. The summed E-state index contributed by atoms with van der Waals surface area (Å²) < 4.78 is 0. The molecule has 2 nitrogen and oxygen atoms in total. The number of anilines is 1. The van der Waals surface area contributed by atoms with Gasteiger partial charge in [0.15, 0.2) is 5.13 Å². The van der Waals surface area contributed by atoms with Crippen LogP contribution in [-0.4, -0.2) is 4.98 Å². The molecule has 1 aromatic carbocycles. The summed E-state index contributed by atoms with van der Waals surface area (Å²) in [5.74, 6) is 0. The third-order valence-electron chi connectivity index (χ3n) is 5.79. The first kappa shape index (κ1) is 21.1. The largest absolute Gasteiger partial charge is 0.336 e. The maximum Gasteiger partial charge on any atom is 0.187 e.